The Morgan fingerprint density at radius 1 is 1.45 bits per heavy atom. The van der Waals surface area contributed by atoms with Crippen LogP contribution in [-0.2, 0) is 0 Å². The number of nitrogens with two attached hydrogens (primary N) is 1. The molecule has 1 aliphatic heterocycles. The first kappa shape index (κ1) is 14.2. The summed E-state index contributed by atoms with van der Waals surface area (Å²) >= 11 is 0. The molecule has 6 nitrogen and oxygen atoms in total. The zero-order chi connectivity index (χ0) is 14.8. The Kier molecular flexibility index (Phi) is 3.82. The normalized spacial score (nSPS) is 17.9. The summed E-state index contributed by atoms with van der Waals surface area (Å²) in [7, 11) is 0. The van der Waals surface area contributed by atoms with Gasteiger partial charge in [0.15, 0.2) is 11.5 Å². The maximum absolute atomic E-state index is 12.9. The minimum Gasteiger partial charge on any atom is -0.409 e. The molecule has 1 aromatic rings. The highest BCUT2D eigenvalue weighted by Gasteiger charge is 2.43. The molecule has 0 spiro atoms. The number of benzene rings is 1. The van der Waals surface area contributed by atoms with Crippen LogP contribution in [0.1, 0.15) is 19.8 Å². The van der Waals surface area contributed by atoms with Crippen LogP contribution in [-0.4, -0.2) is 23.4 Å². The van der Waals surface area contributed by atoms with Crippen molar-refractivity contribution in [3.05, 3.63) is 18.2 Å². The second-order valence-corrected chi connectivity index (χ2v) is 4.37. The number of hydrogen-bond donors (Lipinski definition) is 3. The molecule has 1 atom stereocenters. The Hall–Kier alpha value is -2.25. The molecular weight excluding hydrogens is 272 g/mol. The van der Waals surface area contributed by atoms with Gasteiger partial charge in [-0.1, -0.05) is 12.1 Å². The fourth-order valence-electron chi connectivity index (χ4n) is 1.87. The van der Waals surface area contributed by atoms with Crippen molar-refractivity contribution in [3.63, 3.8) is 0 Å². The van der Waals surface area contributed by atoms with Gasteiger partial charge >= 0.3 is 6.29 Å². The molecule has 0 saturated carbocycles. The number of nitrogens with zero attached hydrogens (tertiary/aromatic N) is 1. The first-order chi connectivity index (χ1) is 9.43. The number of fused-ring (bicyclic) bond motifs is 1. The lowest BCUT2D eigenvalue weighted by atomic mass is 10.1. The summed E-state index contributed by atoms with van der Waals surface area (Å²) in [6.07, 6.45) is -2.59. The van der Waals surface area contributed by atoms with Gasteiger partial charge in [-0.15, -0.1) is 8.78 Å². The largest absolute Gasteiger partial charge is 0.586 e. The predicted octanol–water partition coefficient (Wildman–Crippen LogP) is 2.34. The third kappa shape index (κ3) is 3.19. The lowest BCUT2D eigenvalue weighted by molar-refractivity contribution is -0.286. The number of hydrogen-bond acceptors (Lipinski definition) is 5. The molecule has 20 heavy (non-hydrogen) atoms. The van der Waals surface area contributed by atoms with Crippen LogP contribution >= 0.6 is 0 Å². The highest BCUT2D eigenvalue weighted by Crippen LogP contribution is 2.42. The number of alkyl halides is 2. The van der Waals surface area contributed by atoms with Gasteiger partial charge in [0, 0.05) is 24.2 Å². The van der Waals surface area contributed by atoms with Crippen molar-refractivity contribution in [1.82, 2.24) is 0 Å². The predicted molar refractivity (Wildman–Crippen MR) is 68.4 cm³/mol. The molecular formula is C12H15F2N3O3. The summed E-state index contributed by atoms with van der Waals surface area (Å²) in [5.74, 6) is 0.0558. The van der Waals surface area contributed by atoms with Gasteiger partial charge in [0.2, 0.25) is 0 Å². The number of halogens is 2. The third-order valence-electron chi connectivity index (χ3n) is 2.85. The molecule has 0 radical (unpaired) electrons. The fourth-order valence-corrected chi connectivity index (χ4v) is 1.87. The minimum atomic E-state index is -3.63. The number of amidine groups is 1. The number of anilines is 1. The lowest BCUT2D eigenvalue weighted by Gasteiger charge is -2.17. The average molecular weight is 287 g/mol. The van der Waals surface area contributed by atoms with Crippen LogP contribution in [0.5, 0.6) is 11.5 Å². The molecule has 1 aliphatic rings. The highest BCUT2D eigenvalue weighted by molar-refractivity contribution is 5.80. The zero-order valence-corrected chi connectivity index (χ0v) is 10.8. The van der Waals surface area contributed by atoms with Crippen LogP contribution in [0.15, 0.2) is 23.4 Å². The van der Waals surface area contributed by atoms with Gasteiger partial charge in [-0.3, -0.25) is 0 Å². The summed E-state index contributed by atoms with van der Waals surface area (Å²) < 4.78 is 34.5. The van der Waals surface area contributed by atoms with E-state index in [9.17, 15) is 8.78 Å². The van der Waals surface area contributed by atoms with Crippen LogP contribution < -0.4 is 20.5 Å². The van der Waals surface area contributed by atoms with E-state index >= 15 is 0 Å². The van der Waals surface area contributed by atoms with Crippen molar-refractivity contribution in [2.45, 2.75) is 32.1 Å². The molecule has 1 aromatic carbocycles. The smallest absolute Gasteiger partial charge is 0.409 e. The van der Waals surface area contributed by atoms with Crippen LogP contribution in [0, 0.1) is 0 Å². The topological polar surface area (TPSA) is 89.1 Å². The molecule has 110 valence electrons. The van der Waals surface area contributed by atoms with E-state index in [1.165, 1.54) is 12.1 Å². The Balaban J connectivity index is 2.08. The second kappa shape index (κ2) is 5.40. The Labute approximate surface area is 114 Å². The number of nitrogens with one attached hydrogen (secondary N) is 1. The summed E-state index contributed by atoms with van der Waals surface area (Å²) in [5.41, 5.74) is 6.03. The number of ether oxygens (including phenoxy) is 2. The molecule has 1 heterocycles. The van der Waals surface area contributed by atoms with Gasteiger partial charge in [0.25, 0.3) is 0 Å². The molecule has 0 fully saturated rings. The van der Waals surface area contributed by atoms with E-state index in [1.807, 2.05) is 6.92 Å². The van der Waals surface area contributed by atoms with Gasteiger partial charge in [-0.2, -0.15) is 0 Å². The third-order valence-corrected chi connectivity index (χ3v) is 2.85. The summed E-state index contributed by atoms with van der Waals surface area (Å²) in [6, 6.07) is 4.32. The molecule has 0 saturated heterocycles. The van der Waals surface area contributed by atoms with E-state index < -0.39 is 6.29 Å². The maximum atomic E-state index is 12.9. The van der Waals surface area contributed by atoms with Gasteiger partial charge in [0.1, 0.15) is 5.84 Å². The summed E-state index contributed by atoms with van der Waals surface area (Å²) in [5, 5.41) is 14.5. The number of rotatable bonds is 5. The van der Waals surface area contributed by atoms with Gasteiger partial charge < -0.3 is 25.7 Å². The first-order valence-electron chi connectivity index (χ1n) is 6.06. The van der Waals surface area contributed by atoms with Gasteiger partial charge in [-0.05, 0) is 18.6 Å². The molecule has 0 amide bonds. The standard InChI is InChI=1S/C12H15F2N3O3/c1-2-7(6-11(15)17-18)16-8-3-4-9-10(5-8)20-12(13,14)19-9/h3-5,7,16,18H,2,6H2,1H3,(H2,15,17). The average Bonchev–Trinajstić information content (AvgIpc) is 2.70. The fraction of sp³-hybridized carbons (Fsp3) is 0.417. The van der Waals surface area contributed by atoms with Crippen molar-refractivity contribution in [2.24, 2.45) is 10.9 Å². The van der Waals surface area contributed by atoms with Gasteiger partial charge in [-0.25, -0.2) is 0 Å². The van der Waals surface area contributed by atoms with Crippen molar-refractivity contribution < 1.29 is 23.5 Å². The van der Waals surface area contributed by atoms with E-state index in [0.29, 0.717) is 18.5 Å². The van der Waals surface area contributed by atoms with E-state index in [1.54, 1.807) is 6.07 Å². The summed E-state index contributed by atoms with van der Waals surface area (Å²) in [6.45, 7) is 1.92. The van der Waals surface area contributed by atoms with Crippen molar-refractivity contribution in [3.8, 4) is 11.5 Å². The molecule has 0 bridgehead atoms. The SMILES string of the molecule is CCC(CC(N)=NO)Nc1ccc2c(c1)OC(F)(F)O2. The first-order valence-corrected chi connectivity index (χ1v) is 6.06. The molecule has 0 aliphatic carbocycles. The zero-order valence-electron chi connectivity index (χ0n) is 10.8. The van der Waals surface area contributed by atoms with Gasteiger partial charge in [0.05, 0.1) is 0 Å². The van der Waals surface area contributed by atoms with Crippen molar-refractivity contribution in [1.29, 1.82) is 0 Å². The lowest BCUT2D eigenvalue weighted by Crippen LogP contribution is -2.26. The van der Waals surface area contributed by atoms with E-state index in [0.717, 1.165) is 0 Å². The molecule has 8 heteroatoms. The minimum absolute atomic E-state index is 0.00923. The van der Waals surface area contributed by atoms with Crippen molar-refractivity contribution in [2.75, 3.05) is 5.32 Å². The quantitative estimate of drug-likeness (QED) is 0.335. The molecule has 1 unspecified atom stereocenters. The van der Waals surface area contributed by atoms with Crippen LogP contribution in [0.4, 0.5) is 14.5 Å². The van der Waals surface area contributed by atoms with E-state index in [-0.39, 0.29) is 23.4 Å². The maximum Gasteiger partial charge on any atom is 0.586 e. The molecule has 0 aromatic heterocycles. The van der Waals surface area contributed by atoms with E-state index in [4.69, 9.17) is 10.9 Å². The van der Waals surface area contributed by atoms with Crippen molar-refractivity contribution >= 4 is 11.5 Å². The van der Waals surface area contributed by atoms with Crippen LogP contribution in [0.2, 0.25) is 0 Å². The Morgan fingerprint density at radius 2 is 2.15 bits per heavy atom. The summed E-state index contributed by atoms with van der Waals surface area (Å²) in [4.78, 5) is 0. The van der Waals surface area contributed by atoms with E-state index in [2.05, 4.69) is 19.9 Å². The number of oxime groups is 1. The Morgan fingerprint density at radius 3 is 2.80 bits per heavy atom. The highest BCUT2D eigenvalue weighted by atomic mass is 19.3. The second-order valence-electron chi connectivity index (χ2n) is 4.37. The monoisotopic (exact) mass is 287 g/mol. The molecule has 2 rings (SSSR count). The Bertz CT molecular complexity index is 523. The van der Waals surface area contributed by atoms with Crippen LogP contribution in [0.3, 0.4) is 0 Å². The van der Waals surface area contributed by atoms with Crippen LogP contribution in [0.25, 0.3) is 0 Å². The molecule has 4 N–H and O–H groups in total.